The zero-order chi connectivity index (χ0) is 13.0. The molecule has 1 atom stereocenters. The van der Waals surface area contributed by atoms with Crippen LogP contribution in [0.1, 0.15) is 11.6 Å². The molecule has 2 aromatic carbocycles. The number of hydrogen-bond donors (Lipinski definition) is 0. The van der Waals surface area contributed by atoms with Crippen LogP contribution in [-0.2, 0) is 0 Å². The maximum atomic E-state index is 12.9. The van der Waals surface area contributed by atoms with E-state index in [4.69, 9.17) is 6.42 Å². The van der Waals surface area contributed by atoms with Crippen LogP contribution in [0.15, 0.2) is 54.6 Å². The molecule has 0 saturated heterocycles. The molecule has 0 saturated carbocycles. The number of rotatable bonds is 3. The highest BCUT2D eigenvalue weighted by Crippen LogP contribution is 2.24. The predicted octanol–water partition coefficient (Wildman–Crippen LogP) is 3.64. The second-order valence-corrected chi connectivity index (χ2v) is 4.07. The molecule has 0 aliphatic carbocycles. The number of terminal acetylenes is 1. The Morgan fingerprint density at radius 3 is 2.22 bits per heavy atom. The summed E-state index contributed by atoms with van der Waals surface area (Å²) in [4.78, 5) is 1.95. The van der Waals surface area contributed by atoms with Crippen molar-refractivity contribution in [2.24, 2.45) is 0 Å². The van der Waals surface area contributed by atoms with Crippen molar-refractivity contribution in [1.82, 2.24) is 0 Å². The highest BCUT2D eigenvalue weighted by molar-refractivity contribution is 5.50. The average molecular weight is 239 g/mol. The van der Waals surface area contributed by atoms with Crippen LogP contribution in [0.4, 0.5) is 10.1 Å². The van der Waals surface area contributed by atoms with E-state index in [1.807, 2.05) is 42.3 Å². The van der Waals surface area contributed by atoms with Crippen molar-refractivity contribution < 1.29 is 4.39 Å². The van der Waals surface area contributed by atoms with E-state index in [0.29, 0.717) is 0 Å². The van der Waals surface area contributed by atoms with Crippen LogP contribution in [0.2, 0.25) is 0 Å². The van der Waals surface area contributed by atoms with E-state index < -0.39 is 0 Å². The zero-order valence-corrected chi connectivity index (χ0v) is 10.2. The molecule has 0 bridgehead atoms. The maximum absolute atomic E-state index is 12.9. The summed E-state index contributed by atoms with van der Waals surface area (Å²) in [5.41, 5.74) is 1.94. The molecule has 90 valence electrons. The Morgan fingerprint density at radius 2 is 1.67 bits per heavy atom. The van der Waals surface area contributed by atoms with E-state index >= 15 is 0 Å². The molecule has 0 spiro atoms. The Morgan fingerprint density at radius 1 is 1.06 bits per heavy atom. The van der Waals surface area contributed by atoms with Crippen LogP contribution in [0.5, 0.6) is 0 Å². The Bertz CT molecular complexity index is 540. The topological polar surface area (TPSA) is 3.24 Å². The third kappa shape index (κ3) is 2.52. The van der Waals surface area contributed by atoms with Crippen molar-refractivity contribution in [1.29, 1.82) is 0 Å². The molecule has 2 heteroatoms. The third-order valence-corrected chi connectivity index (χ3v) is 2.89. The summed E-state index contributed by atoms with van der Waals surface area (Å²) in [7, 11) is 1.91. The lowest BCUT2D eigenvalue weighted by Crippen LogP contribution is -2.22. The number of hydrogen-bond acceptors (Lipinski definition) is 1. The van der Waals surface area contributed by atoms with Crippen LogP contribution < -0.4 is 4.90 Å². The van der Waals surface area contributed by atoms with Crippen LogP contribution in [0, 0.1) is 18.2 Å². The lowest BCUT2D eigenvalue weighted by atomic mass is 10.1. The number of benzene rings is 2. The van der Waals surface area contributed by atoms with Gasteiger partial charge in [0.25, 0.3) is 0 Å². The molecule has 1 unspecified atom stereocenters. The van der Waals surface area contributed by atoms with Gasteiger partial charge in [0.1, 0.15) is 11.9 Å². The fraction of sp³-hybridized carbons (Fsp3) is 0.125. The first-order valence-electron chi connectivity index (χ1n) is 5.72. The van der Waals surface area contributed by atoms with Crippen LogP contribution in [0.25, 0.3) is 0 Å². The molecule has 0 amide bonds. The van der Waals surface area contributed by atoms with Gasteiger partial charge < -0.3 is 4.90 Å². The van der Waals surface area contributed by atoms with Crippen molar-refractivity contribution in [3.63, 3.8) is 0 Å². The van der Waals surface area contributed by atoms with Gasteiger partial charge in [0, 0.05) is 12.7 Å². The molecular formula is C16H14FN. The van der Waals surface area contributed by atoms with Crippen LogP contribution >= 0.6 is 0 Å². The lowest BCUT2D eigenvalue weighted by molar-refractivity contribution is 0.627. The van der Waals surface area contributed by atoms with Crippen molar-refractivity contribution in [2.45, 2.75) is 6.04 Å². The van der Waals surface area contributed by atoms with Crippen molar-refractivity contribution in [3.8, 4) is 12.3 Å². The van der Waals surface area contributed by atoms with Gasteiger partial charge in [-0.25, -0.2) is 4.39 Å². The second kappa shape index (κ2) is 5.37. The molecule has 0 radical (unpaired) electrons. The van der Waals surface area contributed by atoms with Gasteiger partial charge in [0.05, 0.1) is 0 Å². The van der Waals surface area contributed by atoms with Gasteiger partial charge in [-0.2, -0.15) is 0 Å². The normalized spacial score (nSPS) is 11.6. The molecule has 2 aromatic rings. The number of nitrogens with zero attached hydrogens (tertiary/aromatic N) is 1. The smallest absolute Gasteiger partial charge is 0.123 e. The van der Waals surface area contributed by atoms with E-state index in [2.05, 4.69) is 5.92 Å². The second-order valence-electron chi connectivity index (χ2n) is 4.07. The van der Waals surface area contributed by atoms with E-state index in [-0.39, 0.29) is 11.9 Å². The van der Waals surface area contributed by atoms with Crippen molar-refractivity contribution in [2.75, 3.05) is 11.9 Å². The maximum Gasteiger partial charge on any atom is 0.123 e. The summed E-state index contributed by atoms with van der Waals surface area (Å²) in [5, 5.41) is 0. The average Bonchev–Trinajstić information content (AvgIpc) is 2.41. The summed E-state index contributed by atoms with van der Waals surface area (Å²) in [6, 6.07) is 16.0. The van der Waals surface area contributed by atoms with Gasteiger partial charge in [-0.05, 0) is 29.8 Å². The largest absolute Gasteiger partial charge is 0.357 e. The Labute approximate surface area is 107 Å². The quantitative estimate of drug-likeness (QED) is 0.739. The molecule has 0 heterocycles. The fourth-order valence-electron chi connectivity index (χ4n) is 1.89. The van der Waals surface area contributed by atoms with Gasteiger partial charge in [0.2, 0.25) is 0 Å². The summed E-state index contributed by atoms with van der Waals surface area (Å²) in [6.45, 7) is 0. The summed E-state index contributed by atoms with van der Waals surface area (Å²) >= 11 is 0. The highest BCUT2D eigenvalue weighted by atomic mass is 19.1. The monoisotopic (exact) mass is 239 g/mol. The first-order chi connectivity index (χ1) is 8.72. The van der Waals surface area contributed by atoms with Gasteiger partial charge >= 0.3 is 0 Å². The summed E-state index contributed by atoms with van der Waals surface area (Å²) < 4.78 is 12.9. The minimum atomic E-state index is -0.246. The highest BCUT2D eigenvalue weighted by Gasteiger charge is 2.14. The third-order valence-electron chi connectivity index (χ3n) is 2.89. The molecule has 1 nitrogen and oxygen atoms in total. The van der Waals surface area contributed by atoms with E-state index in [1.54, 1.807) is 12.1 Å². The minimum Gasteiger partial charge on any atom is -0.357 e. The summed E-state index contributed by atoms with van der Waals surface area (Å²) in [5.74, 6) is 2.52. The van der Waals surface area contributed by atoms with Gasteiger partial charge in [-0.1, -0.05) is 36.3 Å². The lowest BCUT2D eigenvalue weighted by Gasteiger charge is -2.26. The molecule has 18 heavy (non-hydrogen) atoms. The van der Waals surface area contributed by atoms with Crippen molar-refractivity contribution >= 4 is 5.69 Å². The summed E-state index contributed by atoms with van der Waals surface area (Å²) in [6.07, 6.45) is 5.61. The minimum absolute atomic E-state index is 0.156. The number of halogens is 1. The Kier molecular flexibility index (Phi) is 3.64. The van der Waals surface area contributed by atoms with Crippen molar-refractivity contribution in [3.05, 3.63) is 66.0 Å². The molecule has 2 rings (SSSR count). The Balaban J connectivity index is 2.29. The number of anilines is 1. The van der Waals surface area contributed by atoms with E-state index in [0.717, 1.165) is 11.3 Å². The van der Waals surface area contributed by atoms with E-state index in [1.165, 1.54) is 12.1 Å². The molecule has 0 N–H and O–H groups in total. The van der Waals surface area contributed by atoms with Gasteiger partial charge in [-0.3, -0.25) is 0 Å². The van der Waals surface area contributed by atoms with Gasteiger partial charge in [0.15, 0.2) is 0 Å². The molecule has 0 aliphatic heterocycles. The molecule has 0 fully saturated rings. The molecular weight excluding hydrogens is 225 g/mol. The van der Waals surface area contributed by atoms with E-state index in [9.17, 15) is 4.39 Å². The molecule has 0 aromatic heterocycles. The fourth-order valence-corrected chi connectivity index (χ4v) is 1.89. The zero-order valence-electron chi connectivity index (χ0n) is 10.2. The SMILES string of the molecule is C#CC(c1ccccc1)N(C)c1ccc(F)cc1. The predicted molar refractivity (Wildman–Crippen MR) is 72.8 cm³/mol. The standard InChI is InChI=1S/C16H14FN/c1-3-16(13-7-5-4-6-8-13)18(2)15-11-9-14(17)10-12-15/h1,4-12,16H,2H3. The first kappa shape index (κ1) is 12.2. The van der Waals surface area contributed by atoms with Gasteiger partial charge in [-0.15, -0.1) is 6.42 Å². The van der Waals surface area contributed by atoms with Crippen LogP contribution in [-0.4, -0.2) is 7.05 Å². The first-order valence-corrected chi connectivity index (χ1v) is 5.72. The molecule has 0 aliphatic rings. The Hall–Kier alpha value is -2.27. The van der Waals surface area contributed by atoms with Crippen LogP contribution in [0.3, 0.4) is 0 Å².